The van der Waals surface area contributed by atoms with Crippen LogP contribution >= 0.6 is 0 Å². The number of hydrogen-bond acceptors (Lipinski definition) is 4. The van der Waals surface area contributed by atoms with Crippen LogP contribution in [-0.4, -0.2) is 37.8 Å². The van der Waals surface area contributed by atoms with Crippen molar-refractivity contribution < 1.29 is 8.42 Å². The van der Waals surface area contributed by atoms with E-state index in [-0.39, 0.29) is 4.90 Å². The van der Waals surface area contributed by atoms with E-state index in [2.05, 4.69) is 15.1 Å². The van der Waals surface area contributed by atoms with E-state index in [1.165, 1.54) is 17.1 Å². The first-order valence-corrected chi connectivity index (χ1v) is 6.75. The molecule has 0 bridgehead atoms. The van der Waals surface area contributed by atoms with Gasteiger partial charge in [0.25, 0.3) is 0 Å². The van der Waals surface area contributed by atoms with Crippen molar-refractivity contribution in [3.05, 3.63) is 12.4 Å². The Morgan fingerprint density at radius 2 is 2.50 bits per heavy atom. The van der Waals surface area contributed by atoms with Crippen molar-refractivity contribution in [1.82, 2.24) is 19.8 Å². The molecule has 0 aliphatic carbocycles. The van der Waals surface area contributed by atoms with Crippen molar-refractivity contribution in [1.29, 1.82) is 0 Å². The van der Waals surface area contributed by atoms with Crippen LogP contribution in [0.1, 0.15) is 6.42 Å². The van der Waals surface area contributed by atoms with Gasteiger partial charge in [-0.3, -0.25) is 4.68 Å². The summed E-state index contributed by atoms with van der Waals surface area (Å²) in [5, 5.41) is 7.05. The van der Waals surface area contributed by atoms with Crippen LogP contribution in [-0.2, 0) is 17.1 Å². The Balaban J connectivity index is 1.97. The predicted octanol–water partition coefficient (Wildman–Crippen LogP) is -0.692. The summed E-state index contributed by atoms with van der Waals surface area (Å²) in [4.78, 5) is 0.223. The zero-order valence-corrected chi connectivity index (χ0v) is 10.00. The Labute approximate surface area is 95.1 Å². The Morgan fingerprint density at radius 3 is 3.06 bits per heavy atom. The second-order valence-corrected chi connectivity index (χ2v) is 5.83. The van der Waals surface area contributed by atoms with Crippen LogP contribution < -0.4 is 10.0 Å². The fourth-order valence-corrected chi connectivity index (χ4v) is 2.84. The van der Waals surface area contributed by atoms with E-state index in [0.29, 0.717) is 12.5 Å². The first-order chi connectivity index (χ1) is 7.58. The maximum Gasteiger partial charge on any atom is 0.243 e. The standard InChI is InChI=1S/C9H16N4O2S/c1-13-7-9(6-11-13)16(14,15)12-5-8-2-3-10-4-8/h6-8,10,12H,2-5H2,1H3. The summed E-state index contributed by atoms with van der Waals surface area (Å²) in [5.41, 5.74) is 0. The molecule has 90 valence electrons. The quantitative estimate of drug-likeness (QED) is 0.735. The Kier molecular flexibility index (Phi) is 3.27. The van der Waals surface area contributed by atoms with Gasteiger partial charge in [0.2, 0.25) is 10.0 Å². The Morgan fingerprint density at radius 1 is 1.69 bits per heavy atom. The van der Waals surface area contributed by atoms with Gasteiger partial charge in [0, 0.05) is 19.8 Å². The van der Waals surface area contributed by atoms with E-state index in [1.807, 2.05) is 0 Å². The van der Waals surface area contributed by atoms with Crippen LogP contribution in [0.2, 0.25) is 0 Å². The molecular weight excluding hydrogens is 228 g/mol. The number of nitrogens with zero attached hydrogens (tertiary/aromatic N) is 2. The van der Waals surface area contributed by atoms with Gasteiger partial charge >= 0.3 is 0 Å². The van der Waals surface area contributed by atoms with Crippen LogP contribution in [0.3, 0.4) is 0 Å². The molecule has 0 saturated carbocycles. The first-order valence-electron chi connectivity index (χ1n) is 5.27. The van der Waals surface area contributed by atoms with Crippen LogP contribution in [0, 0.1) is 5.92 Å². The molecule has 16 heavy (non-hydrogen) atoms. The summed E-state index contributed by atoms with van der Waals surface area (Å²) in [7, 11) is -1.69. The fraction of sp³-hybridized carbons (Fsp3) is 0.667. The molecule has 0 amide bonds. The van der Waals surface area contributed by atoms with Crippen LogP contribution in [0.4, 0.5) is 0 Å². The minimum Gasteiger partial charge on any atom is -0.316 e. The van der Waals surface area contributed by atoms with E-state index in [0.717, 1.165) is 19.5 Å². The van der Waals surface area contributed by atoms with Gasteiger partial charge in [-0.15, -0.1) is 0 Å². The third-order valence-corrected chi connectivity index (χ3v) is 4.09. The lowest BCUT2D eigenvalue weighted by Crippen LogP contribution is -2.30. The number of hydrogen-bond donors (Lipinski definition) is 2. The van der Waals surface area contributed by atoms with E-state index in [4.69, 9.17) is 0 Å². The lowest BCUT2D eigenvalue weighted by molar-refractivity contribution is 0.538. The summed E-state index contributed by atoms with van der Waals surface area (Å²) in [6.45, 7) is 2.35. The van der Waals surface area contributed by atoms with Crippen molar-refractivity contribution in [3.8, 4) is 0 Å². The van der Waals surface area contributed by atoms with Gasteiger partial charge in [0.15, 0.2) is 0 Å². The molecule has 1 aliphatic heterocycles. The van der Waals surface area contributed by atoms with Crippen molar-refractivity contribution in [2.75, 3.05) is 19.6 Å². The van der Waals surface area contributed by atoms with Gasteiger partial charge in [0.05, 0.1) is 6.20 Å². The number of nitrogens with one attached hydrogen (secondary N) is 2. The third-order valence-electron chi connectivity index (χ3n) is 2.72. The first kappa shape index (κ1) is 11.6. The summed E-state index contributed by atoms with van der Waals surface area (Å²) in [6.07, 6.45) is 3.88. The number of rotatable bonds is 4. The predicted molar refractivity (Wildman–Crippen MR) is 59.4 cm³/mol. The Bertz CT molecular complexity index is 448. The molecule has 2 heterocycles. The van der Waals surface area contributed by atoms with Crippen molar-refractivity contribution in [2.24, 2.45) is 13.0 Å². The lowest BCUT2D eigenvalue weighted by Gasteiger charge is -2.09. The molecule has 1 unspecified atom stereocenters. The van der Waals surface area contributed by atoms with Crippen LogP contribution in [0.5, 0.6) is 0 Å². The molecule has 1 saturated heterocycles. The number of aryl methyl sites for hydroxylation is 1. The summed E-state index contributed by atoms with van der Waals surface area (Å²) < 4.78 is 27.7. The van der Waals surface area contributed by atoms with Crippen molar-refractivity contribution in [2.45, 2.75) is 11.3 Å². The highest BCUT2D eigenvalue weighted by molar-refractivity contribution is 7.89. The zero-order valence-electron chi connectivity index (χ0n) is 9.18. The molecule has 2 rings (SSSR count). The molecule has 1 aromatic rings. The summed E-state index contributed by atoms with van der Waals surface area (Å²) in [6, 6.07) is 0. The third kappa shape index (κ3) is 2.60. The largest absolute Gasteiger partial charge is 0.316 e. The average Bonchev–Trinajstić information content (AvgIpc) is 2.85. The van der Waals surface area contributed by atoms with E-state index in [9.17, 15) is 8.42 Å². The van der Waals surface area contributed by atoms with Gasteiger partial charge < -0.3 is 5.32 Å². The SMILES string of the molecule is Cn1cc(S(=O)(=O)NCC2CCNC2)cn1. The molecule has 0 radical (unpaired) electrons. The highest BCUT2D eigenvalue weighted by atomic mass is 32.2. The highest BCUT2D eigenvalue weighted by Crippen LogP contribution is 2.09. The zero-order chi connectivity index (χ0) is 11.6. The minimum atomic E-state index is -3.39. The molecule has 1 atom stereocenters. The van der Waals surface area contributed by atoms with Gasteiger partial charge in [-0.25, -0.2) is 13.1 Å². The van der Waals surface area contributed by atoms with Gasteiger partial charge in [0.1, 0.15) is 4.90 Å². The molecule has 0 spiro atoms. The van der Waals surface area contributed by atoms with Crippen molar-refractivity contribution >= 4 is 10.0 Å². The monoisotopic (exact) mass is 244 g/mol. The smallest absolute Gasteiger partial charge is 0.243 e. The highest BCUT2D eigenvalue weighted by Gasteiger charge is 2.20. The molecular formula is C9H16N4O2S. The van der Waals surface area contributed by atoms with E-state index >= 15 is 0 Å². The number of aromatic nitrogens is 2. The molecule has 7 heteroatoms. The maximum atomic E-state index is 11.8. The van der Waals surface area contributed by atoms with E-state index < -0.39 is 10.0 Å². The molecule has 1 fully saturated rings. The van der Waals surface area contributed by atoms with E-state index in [1.54, 1.807) is 7.05 Å². The number of sulfonamides is 1. The lowest BCUT2D eigenvalue weighted by atomic mass is 10.1. The van der Waals surface area contributed by atoms with Gasteiger partial charge in [-0.1, -0.05) is 0 Å². The van der Waals surface area contributed by atoms with Crippen molar-refractivity contribution in [3.63, 3.8) is 0 Å². The second kappa shape index (κ2) is 4.52. The molecule has 0 aromatic carbocycles. The minimum absolute atomic E-state index is 0.223. The van der Waals surface area contributed by atoms with Crippen LogP contribution in [0.25, 0.3) is 0 Å². The summed E-state index contributed by atoms with van der Waals surface area (Å²) in [5.74, 6) is 0.395. The second-order valence-electron chi connectivity index (χ2n) is 4.06. The Hall–Kier alpha value is -0.920. The van der Waals surface area contributed by atoms with Gasteiger partial charge in [-0.05, 0) is 25.4 Å². The molecule has 1 aromatic heterocycles. The molecule has 1 aliphatic rings. The average molecular weight is 244 g/mol. The topological polar surface area (TPSA) is 76.0 Å². The normalized spacial score (nSPS) is 21.4. The fourth-order valence-electron chi connectivity index (χ4n) is 1.74. The van der Waals surface area contributed by atoms with Gasteiger partial charge in [-0.2, -0.15) is 5.10 Å². The maximum absolute atomic E-state index is 11.8. The molecule has 6 nitrogen and oxygen atoms in total. The molecule has 2 N–H and O–H groups in total. The summed E-state index contributed by atoms with van der Waals surface area (Å²) >= 11 is 0. The van der Waals surface area contributed by atoms with Crippen LogP contribution in [0.15, 0.2) is 17.3 Å².